The number of methoxy groups -OCH3 is 1. The van der Waals surface area contributed by atoms with E-state index >= 15 is 0 Å². The van der Waals surface area contributed by atoms with Gasteiger partial charge in [-0.2, -0.15) is 0 Å². The zero-order valence-corrected chi connectivity index (χ0v) is 15.9. The molecule has 0 saturated carbocycles. The summed E-state index contributed by atoms with van der Waals surface area (Å²) in [6, 6.07) is 13.5. The lowest BCUT2D eigenvalue weighted by atomic mass is 10.0. The lowest BCUT2D eigenvalue weighted by molar-refractivity contribution is 0.102. The number of amides is 1. The van der Waals surface area contributed by atoms with Gasteiger partial charge >= 0.3 is 0 Å². The van der Waals surface area contributed by atoms with Gasteiger partial charge in [0.2, 0.25) is 0 Å². The zero-order valence-electron chi connectivity index (χ0n) is 14.3. The number of carbonyl (C=O) groups excluding carboxylic acids is 1. The maximum atomic E-state index is 12.9. The number of halogens is 1. The summed E-state index contributed by atoms with van der Waals surface area (Å²) in [5.41, 5.74) is 9.68. The van der Waals surface area contributed by atoms with E-state index in [4.69, 9.17) is 10.5 Å². The molecule has 25 heavy (non-hydrogen) atoms. The van der Waals surface area contributed by atoms with Crippen molar-refractivity contribution in [2.45, 2.75) is 13.8 Å². The predicted molar refractivity (Wildman–Crippen MR) is 106 cm³/mol. The summed E-state index contributed by atoms with van der Waals surface area (Å²) in [5.74, 6) is 0.237. The first-order valence-electron chi connectivity index (χ1n) is 7.85. The molecule has 0 aromatic heterocycles. The summed E-state index contributed by atoms with van der Waals surface area (Å²) < 4.78 is 6.24. The number of rotatable bonds is 3. The summed E-state index contributed by atoms with van der Waals surface area (Å²) in [4.78, 5) is 12.9. The third-order valence-electron chi connectivity index (χ3n) is 4.14. The fourth-order valence-corrected chi connectivity index (χ4v) is 3.74. The standard InChI is InChI=1S/C20H19BrN2O2/c1-11-8-12(2)18(16(22)9-11)23-20(24)15-10-13-6-4-5-7-14(13)17(21)19(15)25-3/h4-10H,22H2,1-3H3,(H,23,24). The van der Waals surface area contributed by atoms with Crippen LogP contribution < -0.4 is 15.8 Å². The van der Waals surface area contributed by atoms with Crippen molar-refractivity contribution < 1.29 is 9.53 Å². The van der Waals surface area contributed by atoms with E-state index < -0.39 is 0 Å². The number of benzene rings is 3. The molecule has 0 aliphatic rings. The highest BCUT2D eigenvalue weighted by atomic mass is 79.9. The summed E-state index contributed by atoms with van der Waals surface area (Å²) >= 11 is 3.56. The lowest BCUT2D eigenvalue weighted by Gasteiger charge is -2.16. The smallest absolute Gasteiger partial charge is 0.259 e. The van der Waals surface area contributed by atoms with Crippen molar-refractivity contribution >= 4 is 44.0 Å². The highest BCUT2D eigenvalue weighted by molar-refractivity contribution is 9.10. The van der Waals surface area contributed by atoms with Crippen LogP contribution in [0, 0.1) is 13.8 Å². The fourth-order valence-electron chi connectivity index (χ4n) is 3.00. The normalized spacial score (nSPS) is 10.7. The van der Waals surface area contributed by atoms with E-state index in [1.165, 1.54) is 0 Å². The molecule has 0 heterocycles. The first-order valence-corrected chi connectivity index (χ1v) is 8.65. The Morgan fingerprint density at radius 2 is 1.88 bits per heavy atom. The van der Waals surface area contributed by atoms with Gasteiger partial charge in [-0.25, -0.2) is 0 Å². The number of aryl methyl sites for hydroxylation is 2. The molecule has 3 aromatic rings. The predicted octanol–water partition coefficient (Wildman–Crippen LogP) is 5.06. The first kappa shape index (κ1) is 17.3. The van der Waals surface area contributed by atoms with Gasteiger partial charge < -0.3 is 15.8 Å². The minimum atomic E-state index is -0.262. The third kappa shape index (κ3) is 3.20. The minimum absolute atomic E-state index is 0.262. The second-order valence-electron chi connectivity index (χ2n) is 5.99. The van der Waals surface area contributed by atoms with Gasteiger partial charge in [0, 0.05) is 0 Å². The van der Waals surface area contributed by atoms with Crippen LogP contribution in [0.2, 0.25) is 0 Å². The van der Waals surface area contributed by atoms with Crippen molar-refractivity contribution in [3.05, 3.63) is 63.6 Å². The van der Waals surface area contributed by atoms with Gasteiger partial charge in [-0.15, -0.1) is 0 Å². The van der Waals surface area contributed by atoms with Crippen molar-refractivity contribution in [3.63, 3.8) is 0 Å². The number of nitrogens with one attached hydrogen (secondary N) is 1. The summed E-state index contributed by atoms with van der Waals surface area (Å²) in [5, 5.41) is 4.86. The topological polar surface area (TPSA) is 64.3 Å². The van der Waals surface area contributed by atoms with E-state index in [9.17, 15) is 4.79 Å². The highest BCUT2D eigenvalue weighted by Gasteiger charge is 2.19. The first-order chi connectivity index (χ1) is 11.9. The highest BCUT2D eigenvalue weighted by Crippen LogP contribution is 2.37. The molecule has 1 amide bonds. The second kappa shape index (κ2) is 6.76. The van der Waals surface area contributed by atoms with Gasteiger partial charge in [-0.1, -0.05) is 30.3 Å². The second-order valence-corrected chi connectivity index (χ2v) is 6.79. The summed E-state index contributed by atoms with van der Waals surface area (Å²) in [6.07, 6.45) is 0. The van der Waals surface area contributed by atoms with Crippen LogP contribution in [0.1, 0.15) is 21.5 Å². The van der Waals surface area contributed by atoms with E-state index in [-0.39, 0.29) is 5.91 Å². The molecule has 3 rings (SSSR count). The number of hydrogen-bond donors (Lipinski definition) is 2. The average molecular weight is 399 g/mol. The number of anilines is 2. The molecule has 0 aliphatic heterocycles. The third-order valence-corrected chi connectivity index (χ3v) is 4.93. The molecule has 5 heteroatoms. The maximum absolute atomic E-state index is 12.9. The molecular weight excluding hydrogens is 380 g/mol. The van der Waals surface area contributed by atoms with Crippen LogP contribution in [0.4, 0.5) is 11.4 Å². The molecule has 0 atom stereocenters. The number of carbonyl (C=O) groups is 1. The SMILES string of the molecule is COc1c(C(=O)Nc2c(C)cc(C)cc2N)cc2ccccc2c1Br. The van der Waals surface area contributed by atoms with Crippen LogP contribution in [0.3, 0.4) is 0 Å². The van der Waals surface area contributed by atoms with E-state index in [1.807, 2.05) is 56.3 Å². The number of nitrogen functional groups attached to an aromatic ring is 1. The molecule has 0 bridgehead atoms. The van der Waals surface area contributed by atoms with Crippen molar-refractivity contribution in [1.82, 2.24) is 0 Å². The molecule has 0 aliphatic carbocycles. The van der Waals surface area contributed by atoms with E-state index in [1.54, 1.807) is 7.11 Å². The molecule has 0 unspecified atom stereocenters. The number of hydrogen-bond acceptors (Lipinski definition) is 3. The van der Waals surface area contributed by atoms with Gasteiger partial charge in [0.15, 0.2) is 0 Å². The van der Waals surface area contributed by atoms with Crippen LogP contribution in [-0.2, 0) is 0 Å². The van der Waals surface area contributed by atoms with Gasteiger partial charge in [-0.05, 0) is 63.8 Å². The average Bonchev–Trinajstić information content (AvgIpc) is 2.57. The molecule has 0 fully saturated rings. The van der Waals surface area contributed by atoms with Crippen molar-refractivity contribution in [2.24, 2.45) is 0 Å². The van der Waals surface area contributed by atoms with Crippen LogP contribution in [-0.4, -0.2) is 13.0 Å². The Bertz CT molecular complexity index is 960. The largest absolute Gasteiger partial charge is 0.495 e. The van der Waals surface area contributed by atoms with E-state index in [0.29, 0.717) is 22.7 Å². The van der Waals surface area contributed by atoms with Crippen LogP contribution in [0.5, 0.6) is 5.75 Å². The fraction of sp³-hybridized carbons (Fsp3) is 0.150. The van der Waals surface area contributed by atoms with E-state index in [0.717, 1.165) is 26.4 Å². The molecule has 128 valence electrons. The minimum Gasteiger partial charge on any atom is -0.495 e. The monoisotopic (exact) mass is 398 g/mol. The van der Waals surface area contributed by atoms with Crippen LogP contribution >= 0.6 is 15.9 Å². The molecule has 3 aromatic carbocycles. The summed E-state index contributed by atoms with van der Waals surface area (Å²) in [6.45, 7) is 3.89. The Balaban J connectivity index is 2.09. The maximum Gasteiger partial charge on any atom is 0.259 e. The van der Waals surface area contributed by atoms with Gasteiger partial charge in [0.25, 0.3) is 5.91 Å². The lowest BCUT2D eigenvalue weighted by Crippen LogP contribution is -2.15. The van der Waals surface area contributed by atoms with Crippen LogP contribution in [0.15, 0.2) is 46.9 Å². The molecule has 0 radical (unpaired) electrons. The molecule has 3 N–H and O–H groups in total. The zero-order chi connectivity index (χ0) is 18.1. The summed E-state index contributed by atoms with van der Waals surface area (Å²) in [7, 11) is 1.55. The van der Waals surface area contributed by atoms with Gasteiger partial charge in [0.05, 0.1) is 28.5 Å². The van der Waals surface area contributed by atoms with Crippen molar-refractivity contribution in [3.8, 4) is 5.75 Å². The van der Waals surface area contributed by atoms with Gasteiger partial charge in [-0.3, -0.25) is 4.79 Å². The number of ether oxygens (including phenoxy) is 1. The molecular formula is C20H19BrN2O2. The Morgan fingerprint density at radius 1 is 1.16 bits per heavy atom. The molecule has 0 spiro atoms. The Morgan fingerprint density at radius 3 is 2.56 bits per heavy atom. The number of fused-ring (bicyclic) bond motifs is 1. The van der Waals surface area contributed by atoms with Crippen molar-refractivity contribution in [1.29, 1.82) is 0 Å². The quantitative estimate of drug-likeness (QED) is 0.605. The molecule has 4 nitrogen and oxygen atoms in total. The Kier molecular flexibility index (Phi) is 4.68. The molecule has 0 saturated heterocycles. The van der Waals surface area contributed by atoms with E-state index in [2.05, 4.69) is 21.2 Å². The van der Waals surface area contributed by atoms with Crippen molar-refractivity contribution in [2.75, 3.05) is 18.2 Å². The van der Waals surface area contributed by atoms with Gasteiger partial charge in [0.1, 0.15) is 5.75 Å². The Labute approximate surface area is 155 Å². The number of nitrogens with two attached hydrogens (primary N) is 1. The van der Waals surface area contributed by atoms with Crippen LogP contribution in [0.25, 0.3) is 10.8 Å². The Hall–Kier alpha value is -2.53.